The predicted molar refractivity (Wildman–Crippen MR) is 92.4 cm³/mol. The summed E-state index contributed by atoms with van der Waals surface area (Å²) in [5, 5.41) is 0. The number of carbonyl (C=O) groups excluding carboxylic acids is 2. The molecule has 0 bridgehead atoms. The van der Waals surface area contributed by atoms with Crippen LogP contribution in [0.15, 0.2) is 16.5 Å². The number of carbonyl (C=O) groups is 2. The zero-order valence-corrected chi connectivity index (χ0v) is 15.3. The van der Waals surface area contributed by atoms with Crippen LogP contribution >= 0.6 is 11.8 Å². The van der Waals surface area contributed by atoms with Gasteiger partial charge in [-0.1, -0.05) is 6.92 Å². The smallest absolute Gasteiger partial charge is 0.246 e. The molecule has 5 nitrogen and oxygen atoms in total. The van der Waals surface area contributed by atoms with Gasteiger partial charge in [0.05, 0.1) is 11.4 Å². The van der Waals surface area contributed by atoms with Crippen molar-refractivity contribution < 1.29 is 14.0 Å². The van der Waals surface area contributed by atoms with Crippen LogP contribution in [0.25, 0.3) is 0 Å². The minimum absolute atomic E-state index is 0.0132. The van der Waals surface area contributed by atoms with Crippen molar-refractivity contribution in [3.8, 4) is 0 Å². The Balaban J connectivity index is 1.43. The van der Waals surface area contributed by atoms with E-state index in [1.807, 2.05) is 17.0 Å². The number of amides is 2. The van der Waals surface area contributed by atoms with E-state index in [0.717, 1.165) is 17.9 Å². The maximum absolute atomic E-state index is 12.9. The van der Waals surface area contributed by atoms with E-state index < -0.39 is 0 Å². The zero-order chi connectivity index (χ0) is 17.1. The fourth-order valence-electron chi connectivity index (χ4n) is 3.97. The molecule has 2 aliphatic heterocycles. The standard InChI is InChI=1S/C18H24N2O3S/c1-11-8-13(11)15-5-4-12(23-15)9-19(3)17(22)14-10-24-18(2)7-6-16(21)20(14)18/h4-5,11,13-14H,6-10H2,1-3H3/t11-,13+,14+,18+/m1/s1. The number of hydrogen-bond donors (Lipinski definition) is 0. The molecule has 0 unspecified atom stereocenters. The normalized spacial score (nSPS) is 34.5. The van der Waals surface area contributed by atoms with E-state index in [4.69, 9.17) is 4.42 Å². The summed E-state index contributed by atoms with van der Waals surface area (Å²) in [6.07, 6.45) is 2.58. The molecular weight excluding hydrogens is 324 g/mol. The average Bonchev–Trinajstić information content (AvgIpc) is 2.89. The number of rotatable bonds is 4. The van der Waals surface area contributed by atoms with E-state index in [9.17, 15) is 9.59 Å². The summed E-state index contributed by atoms with van der Waals surface area (Å²) >= 11 is 1.73. The summed E-state index contributed by atoms with van der Waals surface area (Å²) in [5.41, 5.74) is 0. The Kier molecular flexibility index (Phi) is 3.71. The van der Waals surface area contributed by atoms with E-state index in [2.05, 4.69) is 13.8 Å². The first-order valence-electron chi connectivity index (χ1n) is 8.69. The van der Waals surface area contributed by atoms with Crippen molar-refractivity contribution in [3.63, 3.8) is 0 Å². The van der Waals surface area contributed by atoms with Gasteiger partial charge < -0.3 is 14.2 Å². The Morgan fingerprint density at radius 3 is 2.96 bits per heavy atom. The van der Waals surface area contributed by atoms with Gasteiger partial charge in [0, 0.05) is 25.1 Å². The minimum atomic E-state index is -0.335. The highest BCUT2D eigenvalue weighted by Crippen LogP contribution is 2.48. The van der Waals surface area contributed by atoms with Crippen molar-refractivity contribution in [2.75, 3.05) is 12.8 Å². The Labute approximate surface area is 146 Å². The van der Waals surface area contributed by atoms with E-state index in [1.165, 1.54) is 6.42 Å². The molecule has 1 saturated carbocycles. The molecule has 3 heterocycles. The Bertz CT molecular complexity index is 688. The first kappa shape index (κ1) is 16.1. The molecule has 24 heavy (non-hydrogen) atoms. The van der Waals surface area contributed by atoms with Gasteiger partial charge in [-0.15, -0.1) is 11.8 Å². The quantitative estimate of drug-likeness (QED) is 0.840. The number of nitrogens with zero attached hydrogens (tertiary/aromatic N) is 2. The maximum atomic E-state index is 12.9. The fraction of sp³-hybridized carbons (Fsp3) is 0.667. The first-order chi connectivity index (χ1) is 11.4. The molecule has 0 radical (unpaired) electrons. The largest absolute Gasteiger partial charge is 0.464 e. The van der Waals surface area contributed by atoms with Crippen molar-refractivity contribution in [2.45, 2.75) is 56.5 Å². The van der Waals surface area contributed by atoms with E-state index in [-0.39, 0.29) is 22.7 Å². The third-order valence-corrected chi connectivity index (χ3v) is 7.16. The molecule has 3 fully saturated rings. The lowest BCUT2D eigenvalue weighted by molar-refractivity contribution is -0.143. The molecule has 1 aromatic heterocycles. The van der Waals surface area contributed by atoms with Gasteiger partial charge in [-0.2, -0.15) is 0 Å². The van der Waals surface area contributed by atoms with Gasteiger partial charge in [0.15, 0.2) is 0 Å². The molecule has 4 rings (SSSR count). The third-order valence-electron chi connectivity index (χ3n) is 5.66. The molecule has 1 aromatic rings. The second kappa shape index (κ2) is 5.55. The van der Waals surface area contributed by atoms with Gasteiger partial charge in [0.1, 0.15) is 17.6 Å². The highest BCUT2D eigenvalue weighted by atomic mass is 32.2. The van der Waals surface area contributed by atoms with Gasteiger partial charge in [-0.3, -0.25) is 9.59 Å². The summed E-state index contributed by atoms with van der Waals surface area (Å²) in [7, 11) is 1.80. The van der Waals surface area contributed by atoms with Crippen molar-refractivity contribution in [1.82, 2.24) is 9.80 Å². The van der Waals surface area contributed by atoms with E-state index in [1.54, 1.807) is 23.7 Å². The number of furan rings is 1. The molecule has 0 spiro atoms. The van der Waals surface area contributed by atoms with Gasteiger partial charge in [0.25, 0.3) is 0 Å². The number of hydrogen-bond acceptors (Lipinski definition) is 4. The summed E-state index contributed by atoms with van der Waals surface area (Å²) in [4.78, 5) is 28.4. The summed E-state index contributed by atoms with van der Waals surface area (Å²) < 4.78 is 5.91. The van der Waals surface area contributed by atoms with Crippen LogP contribution < -0.4 is 0 Å². The van der Waals surface area contributed by atoms with Crippen LogP contribution in [0.1, 0.15) is 50.5 Å². The molecule has 6 heteroatoms. The van der Waals surface area contributed by atoms with Gasteiger partial charge >= 0.3 is 0 Å². The highest BCUT2D eigenvalue weighted by Gasteiger charge is 2.53. The lowest BCUT2D eigenvalue weighted by atomic mass is 10.2. The Hall–Kier alpha value is -1.43. The lowest BCUT2D eigenvalue weighted by Gasteiger charge is -2.31. The molecule has 0 N–H and O–H groups in total. The molecule has 4 atom stereocenters. The van der Waals surface area contributed by atoms with E-state index in [0.29, 0.717) is 30.6 Å². The van der Waals surface area contributed by atoms with Crippen molar-refractivity contribution >= 4 is 23.6 Å². The highest BCUT2D eigenvalue weighted by molar-refractivity contribution is 8.01. The number of thioether (sulfide) groups is 1. The molecule has 2 saturated heterocycles. The molecule has 2 amide bonds. The third kappa shape index (κ3) is 2.55. The molecule has 130 valence electrons. The SMILES string of the molecule is C[C@@H]1C[C@@H]1c1ccc(CN(C)C(=O)[C@@H]2CS[C@@]3(C)CCC(=O)N23)o1. The molecule has 3 aliphatic rings. The summed E-state index contributed by atoms with van der Waals surface area (Å²) in [6, 6.07) is 3.67. The Morgan fingerprint density at radius 2 is 2.25 bits per heavy atom. The first-order valence-corrected chi connectivity index (χ1v) is 9.67. The second-order valence-electron chi connectivity index (χ2n) is 7.58. The Morgan fingerprint density at radius 1 is 1.50 bits per heavy atom. The van der Waals surface area contributed by atoms with Crippen molar-refractivity contribution in [1.29, 1.82) is 0 Å². The van der Waals surface area contributed by atoms with Crippen LogP contribution in [-0.2, 0) is 16.1 Å². The van der Waals surface area contributed by atoms with Crippen LogP contribution in [0, 0.1) is 5.92 Å². The summed E-state index contributed by atoms with van der Waals surface area (Å²) in [5.74, 6) is 3.93. The average molecular weight is 348 g/mol. The van der Waals surface area contributed by atoms with Crippen LogP contribution in [0.3, 0.4) is 0 Å². The van der Waals surface area contributed by atoms with E-state index >= 15 is 0 Å². The molecule has 0 aromatic carbocycles. The zero-order valence-electron chi connectivity index (χ0n) is 14.4. The molecular formula is C18H24N2O3S. The van der Waals surface area contributed by atoms with Gasteiger partial charge in [-0.25, -0.2) is 0 Å². The lowest BCUT2D eigenvalue weighted by Crippen LogP contribution is -2.50. The second-order valence-corrected chi connectivity index (χ2v) is 9.08. The van der Waals surface area contributed by atoms with Gasteiger partial charge in [0.2, 0.25) is 11.8 Å². The molecule has 1 aliphatic carbocycles. The fourth-order valence-corrected chi connectivity index (χ4v) is 5.39. The topological polar surface area (TPSA) is 53.8 Å². The predicted octanol–water partition coefficient (Wildman–Crippen LogP) is 2.82. The summed E-state index contributed by atoms with van der Waals surface area (Å²) in [6.45, 7) is 4.76. The van der Waals surface area contributed by atoms with Crippen LogP contribution in [-0.4, -0.2) is 45.3 Å². The monoisotopic (exact) mass is 348 g/mol. The van der Waals surface area contributed by atoms with Crippen LogP contribution in [0.2, 0.25) is 0 Å². The van der Waals surface area contributed by atoms with Crippen molar-refractivity contribution in [2.24, 2.45) is 5.92 Å². The van der Waals surface area contributed by atoms with Gasteiger partial charge in [-0.05, 0) is 37.8 Å². The van der Waals surface area contributed by atoms with Crippen molar-refractivity contribution in [3.05, 3.63) is 23.7 Å². The van der Waals surface area contributed by atoms with Crippen LogP contribution in [0.5, 0.6) is 0 Å². The number of likely N-dealkylation sites (N-methyl/N-ethyl adjacent to an activating group) is 1. The van der Waals surface area contributed by atoms with Crippen LogP contribution in [0.4, 0.5) is 0 Å². The minimum Gasteiger partial charge on any atom is -0.464 e. The maximum Gasteiger partial charge on any atom is 0.246 e. The number of fused-ring (bicyclic) bond motifs is 1.